The summed E-state index contributed by atoms with van der Waals surface area (Å²) in [5.41, 5.74) is -4.72. The van der Waals surface area contributed by atoms with Crippen LogP contribution in [0.25, 0.3) is 0 Å². The van der Waals surface area contributed by atoms with Crippen molar-refractivity contribution in [1.82, 2.24) is 0 Å². The maximum atomic E-state index is 14.4. The molecule has 0 amide bonds. The molecule has 0 spiro atoms. The zero-order valence-corrected chi connectivity index (χ0v) is 14.7. The Morgan fingerprint density at radius 2 is 0.774 bits per heavy atom. The van der Waals surface area contributed by atoms with Gasteiger partial charge in [0.25, 0.3) is 0 Å². The Balaban J connectivity index is 2.48. The Kier molecular flexibility index (Phi) is 5.79. The van der Waals surface area contributed by atoms with Crippen LogP contribution in [0, 0.1) is 58.2 Å². The van der Waals surface area contributed by atoms with E-state index in [-0.39, 0.29) is 0 Å². The lowest BCUT2D eigenvalue weighted by Gasteiger charge is -2.21. The van der Waals surface area contributed by atoms with Crippen molar-refractivity contribution in [3.8, 4) is 0 Å². The van der Waals surface area contributed by atoms with Gasteiger partial charge in [-0.1, -0.05) is 30.3 Å². The summed E-state index contributed by atoms with van der Waals surface area (Å²) in [4.78, 5) is 12.8. The van der Waals surface area contributed by atoms with E-state index in [1.807, 2.05) is 0 Å². The van der Waals surface area contributed by atoms with Gasteiger partial charge in [-0.25, -0.2) is 43.9 Å². The van der Waals surface area contributed by atoms with Crippen molar-refractivity contribution in [3.05, 3.63) is 105 Å². The molecule has 11 heteroatoms. The van der Waals surface area contributed by atoms with Gasteiger partial charge in [-0.2, -0.15) is 0 Å². The fourth-order valence-corrected chi connectivity index (χ4v) is 2.93. The summed E-state index contributed by atoms with van der Waals surface area (Å²) in [7, 11) is 0. The fourth-order valence-electron chi connectivity index (χ4n) is 2.93. The van der Waals surface area contributed by atoms with Crippen LogP contribution < -0.4 is 0 Å². The first kappa shape index (κ1) is 22.3. The molecule has 31 heavy (non-hydrogen) atoms. The Bertz CT molecular complexity index is 1080. The van der Waals surface area contributed by atoms with Crippen LogP contribution in [0.5, 0.6) is 0 Å². The Labute approximate surface area is 166 Å². The highest BCUT2D eigenvalue weighted by Gasteiger charge is 2.41. The van der Waals surface area contributed by atoms with Gasteiger partial charge in [0, 0.05) is 16.7 Å². The van der Waals surface area contributed by atoms with Gasteiger partial charge >= 0.3 is 0 Å². The van der Waals surface area contributed by atoms with E-state index >= 15 is 0 Å². The second kappa shape index (κ2) is 8.05. The molecule has 0 bridgehead atoms. The van der Waals surface area contributed by atoms with Crippen molar-refractivity contribution in [1.29, 1.82) is 0 Å². The number of carbonyl (C=O) groups is 1. The highest BCUT2D eigenvalue weighted by atomic mass is 19.2. The zero-order chi connectivity index (χ0) is 23.2. The summed E-state index contributed by atoms with van der Waals surface area (Å²) in [6, 6.07) is 5.55. The van der Waals surface area contributed by atoms with Gasteiger partial charge in [0.05, 0.1) is 5.92 Å². The van der Waals surface area contributed by atoms with E-state index in [0.29, 0.717) is 0 Å². The topological polar surface area (TPSA) is 17.1 Å². The minimum absolute atomic E-state index is 0.569. The number of ketones is 1. The lowest BCUT2D eigenvalue weighted by Crippen LogP contribution is -2.24. The van der Waals surface area contributed by atoms with Crippen molar-refractivity contribution < 1.29 is 48.7 Å². The first-order valence-corrected chi connectivity index (χ1v) is 8.12. The van der Waals surface area contributed by atoms with Crippen molar-refractivity contribution in [2.45, 2.75) is 5.92 Å². The number of halogens is 10. The third-order valence-electron chi connectivity index (χ3n) is 4.39. The first-order valence-electron chi connectivity index (χ1n) is 8.12. The predicted molar refractivity (Wildman–Crippen MR) is 85.1 cm³/mol. The SMILES string of the molecule is O=C(c1ccccc1)C(c1c(F)c(F)c(F)c(F)c1F)c1c(F)c(F)c(F)c(F)c1F. The van der Waals surface area contributed by atoms with E-state index in [2.05, 4.69) is 0 Å². The summed E-state index contributed by atoms with van der Waals surface area (Å²) in [6.45, 7) is 0. The number of hydrogen-bond donors (Lipinski definition) is 0. The average molecular weight is 452 g/mol. The van der Waals surface area contributed by atoms with Crippen LogP contribution in [0.15, 0.2) is 30.3 Å². The highest BCUT2D eigenvalue weighted by Crippen LogP contribution is 2.39. The van der Waals surface area contributed by atoms with E-state index in [1.165, 1.54) is 18.2 Å². The van der Waals surface area contributed by atoms with Gasteiger partial charge in [0.2, 0.25) is 11.6 Å². The lowest BCUT2D eigenvalue weighted by molar-refractivity contribution is 0.0965. The normalized spacial score (nSPS) is 11.3. The molecule has 0 saturated carbocycles. The standard InChI is InChI=1S/C20H6F10O/c21-10-8(11(22)15(26)18(29)14(10)25)7(20(31)6-4-2-1-3-5-6)9-12(23)16(27)19(30)17(28)13(9)24/h1-5,7H. The van der Waals surface area contributed by atoms with Gasteiger partial charge in [0.15, 0.2) is 52.3 Å². The van der Waals surface area contributed by atoms with Crippen LogP contribution >= 0.6 is 0 Å². The maximum absolute atomic E-state index is 14.4. The van der Waals surface area contributed by atoms with E-state index in [0.717, 1.165) is 12.1 Å². The molecule has 0 saturated heterocycles. The van der Waals surface area contributed by atoms with Gasteiger partial charge in [-0.3, -0.25) is 4.79 Å². The van der Waals surface area contributed by atoms with Crippen LogP contribution in [-0.2, 0) is 0 Å². The van der Waals surface area contributed by atoms with Crippen LogP contribution in [-0.4, -0.2) is 5.78 Å². The molecule has 0 atom stereocenters. The van der Waals surface area contributed by atoms with Gasteiger partial charge in [-0.15, -0.1) is 0 Å². The summed E-state index contributed by atoms with van der Waals surface area (Å²) in [5.74, 6) is -31.1. The average Bonchev–Trinajstić information content (AvgIpc) is 2.78. The van der Waals surface area contributed by atoms with Crippen LogP contribution in [0.1, 0.15) is 27.4 Å². The molecule has 0 unspecified atom stereocenters. The molecule has 162 valence electrons. The van der Waals surface area contributed by atoms with Crippen molar-refractivity contribution in [2.24, 2.45) is 0 Å². The zero-order valence-electron chi connectivity index (χ0n) is 14.7. The summed E-state index contributed by atoms with van der Waals surface area (Å²) < 4.78 is 139. The van der Waals surface area contributed by atoms with E-state index in [1.54, 1.807) is 0 Å². The lowest BCUT2D eigenvalue weighted by atomic mass is 9.83. The molecule has 0 aliphatic rings. The fraction of sp³-hybridized carbons (Fsp3) is 0.0500. The Morgan fingerprint density at radius 3 is 1.10 bits per heavy atom. The van der Waals surface area contributed by atoms with Crippen LogP contribution in [0.2, 0.25) is 0 Å². The number of carbonyl (C=O) groups excluding carboxylic acids is 1. The Morgan fingerprint density at radius 1 is 0.484 bits per heavy atom. The molecule has 3 aromatic rings. The predicted octanol–water partition coefficient (Wildman–Crippen LogP) is 6.09. The van der Waals surface area contributed by atoms with Crippen molar-refractivity contribution in [3.63, 3.8) is 0 Å². The van der Waals surface area contributed by atoms with Gasteiger partial charge in [-0.05, 0) is 0 Å². The third kappa shape index (κ3) is 3.43. The molecular weight excluding hydrogens is 446 g/mol. The molecule has 0 aliphatic carbocycles. The van der Waals surface area contributed by atoms with Crippen LogP contribution in [0.4, 0.5) is 43.9 Å². The molecule has 0 fully saturated rings. The number of Topliss-reactive ketones (excluding diaryl/α,β-unsaturated/α-hetero) is 1. The Hall–Kier alpha value is -3.37. The molecule has 0 aliphatic heterocycles. The first-order chi connectivity index (χ1) is 14.5. The van der Waals surface area contributed by atoms with Crippen molar-refractivity contribution in [2.75, 3.05) is 0 Å². The molecule has 3 rings (SSSR count). The van der Waals surface area contributed by atoms with Gasteiger partial charge in [0.1, 0.15) is 0 Å². The van der Waals surface area contributed by atoms with E-state index in [9.17, 15) is 48.7 Å². The number of rotatable bonds is 4. The third-order valence-corrected chi connectivity index (χ3v) is 4.39. The second-order valence-electron chi connectivity index (χ2n) is 6.13. The minimum Gasteiger partial charge on any atom is -0.293 e. The van der Waals surface area contributed by atoms with E-state index in [4.69, 9.17) is 0 Å². The molecule has 0 radical (unpaired) electrons. The van der Waals surface area contributed by atoms with Crippen molar-refractivity contribution >= 4 is 5.78 Å². The molecule has 1 nitrogen and oxygen atoms in total. The van der Waals surface area contributed by atoms with E-state index < -0.39 is 86.6 Å². The molecular formula is C20H6F10O. The summed E-state index contributed by atoms with van der Waals surface area (Å²) >= 11 is 0. The maximum Gasteiger partial charge on any atom is 0.200 e. The minimum atomic E-state index is -3.10. The number of benzene rings is 3. The quantitative estimate of drug-likeness (QED) is 0.203. The smallest absolute Gasteiger partial charge is 0.200 e. The molecule has 0 heterocycles. The molecule has 0 N–H and O–H groups in total. The highest BCUT2D eigenvalue weighted by molar-refractivity contribution is 6.03. The number of hydrogen-bond acceptors (Lipinski definition) is 1. The van der Waals surface area contributed by atoms with Gasteiger partial charge < -0.3 is 0 Å². The summed E-state index contributed by atoms with van der Waals surface area (Å²) in [6.07, 6.45) is 0. The van der Waals surface area contributed by atoms with Crippen LogP contribution in [0.3, 0.4) is 0 Å². The monoisotopic (exact) mass is 452 g/mol. The summed E-state index contributed by atoms with van der Waals surface area (Å²) in [5, 5.41) is 0. The molecule has 0 aromatic heterocycles. The molecule has 3 aromatic carbocycles. The largest absolute Gasteiger partial charge is 0.293 e. The second-order valence-corrected chi connectivity index (χ2v) is 6.13.